The minimum atomic E-state index is -0.587. The summed E-state index contributed by atoms with van der Waals surface area (Å²) in [6.07, 6.45) is 2.39. The number of pyridine rings is 1. The van der Waals surface area contributed by atoms with Crippen LogP contribution in [0, 0.1) is 11.7 Å². The molecule has 1 amide bonds. The largest absolute Gasteiger partial charge is 0.379 e. The maximum absolute atomic E-state index is 14.3. The summed E-state index contributed by atoms with van der Waals surface area (Å²) < 4.78 is 19.7. The number of carbonyl (C=O) groups is 1. The smallest absolute Gasteiger partial charge is 0.234 e. The lowest BCUT2D eigenvalue weighted by Crippen LogP contribution is -2.59. The highest BCUT2D eigenvalue weighted by Gasteiger charge is 2.39. The van der Waals surface area contributed by atoms with Crippen LogP contribution in [0.2, 0.25) is 0 Å². The van der Waals surface area contributed by atoms with E-state index in [4.69, 9.17) is 4.74 Å². The SMILES string of the molecule is C[C@@H]1CNC[C@](NC(=O)CN2CCOCC2)(c2ccc(F)c3ncccc23)C1. The predicted octanol–water partition coefficient (Wildman–Crippen LogP) is 1.65. The van der Waals surface area contributed by atoms with Gasteiger partial charge in [-0.3, -0.25) is 14.7 Å². The molecule has 1 aromatic carbocycles. The average molecular weight is 386 g/mol. The molecule has 0 saturated carbocycles. The second-order valence-electron chi connectivity index (χ2n) is 7.95. The van der Waals surface area contributed by atoms with E-state index in [2.05, 4.69) is 27.4 Å². The predicted molar refractivity (Wildman–Crippen MR) is 105 cm³/mol. The lowest BCUT2D eigenvalue weighted by molar-refractivity contribution is -0.125. The number of piperidine rings is 1. The van der Waals surface area contributed by atoms with Gasteiger partial charge in [-0.05, 0) is 36.6 Å². The molecule has 6 nitrogen and oxygen atoms in total. The van der Waals surface area contributed by atoms with Crippen LogP contribution in [0.5, 0.6) is 0 Å². The number of nitrogens with one attached hydrogen (secondary N) is 2. The Morgan fingerprint density at radius 1 is 1.39 bits per heavy atom. The maximum Gasteiger partial charge on any atom is 0.234 e. The number of aromatic nitrogens is 1. The van der Waals surface area contributed by atoms with E-state index >= 15 is 0 Å². The molecule has 0 spiro atoms. The third-order valence-electron chi connectivity index (χ3n) is 5.70. The van der Waals surface area contributed by atoms with Gasteiger partial charge in [0.1, 0.15) is 11.3 Å². The first-order chi connectivity index (χ1) is 13.6. The van der Waals surface area contributed by atoms with Crippen LogP contribution >= 0.6 is 0 Å². The molecule has 2 aliphatic heterocycles. The van der Waals surface area contributed by atoms with E-state index in [1.54, 1.807) is 12.3 Å². The molecule has 0 unspecified atom stereocenters. The number of ether oxygens (including phenoxy) is 1. The average Bonchev–Trinajstić information content (AvgIpc) is 2.69. The summed E-state index contributed by atoms with van der Waals surface area (Å²) in [5.41, 5.74) is 0.683. The van der Waals surface area contributed by atoms with Gasteiger partial charge >= 0.3 is 0 Å². The topological polar surface area (TPSA) is 66.5 Å². The number of halogens is 1. The summed E-state index contributed by atoms with van der Waals surface area (Å²) in [7, 11) is 0. The Balaban J connectivity index is 1.67. The molecule has 3 heterocycles. The zero-order valence-corrected chi connectivity index (χ0v) is 16.2. The molecular weight excluding hydrogens is 359 g/mol. The molecule has 1 aromatic heterocycles. The van der Waals surface area contributed by atoms with Crippen LogP contribution in [0.25, 0.3) is 10.9 Å². The highest BCUT2D eigenvalue weighted by atomic mass is 19.1. The lowest BCUT2D eigenvalue weighted by atomic mass is 9.77. The van der Waals surface area contributed by atoms with Crippen molar-refractivity contribution in [2.24, 2.45) is 5.92 Å². The minimum absolute atomic E-state index is 0.0147. The molecule has 2 saturated heterocycles. The maximum atomic E-state index is 14.3. The van der Waals surface area contributed by atoms with Gasteiger partial charge in [-0.15, -0.1) is 0 Å². The van der Waals surface area contributed by atoms with Crippen LogP contribution in [0.4, 0.5) is 4.39 Å². The Morgan fingerprint density at radius 2 is 2.21 bits per heavy atom. The number of amides is 1. The van der Waals surface area contributed by atoms with Gasteiger partial charge in [-0.25, -0.2) is 4.39 Å². The quantitative estimate of drug-likeness (QED) is 0.837. The van der Waals surface area contributed by atoms with Crippen LogP contribution in [-0.4, -0.2) is 61.7 Å². The molecule has 150 valence electrons. The molecule has 2 fully saturated rings. The number of benzene rings is 1. The van der Waals surface area contributed by atoms with E-state index in [1.807, 2.05) is 12.1 Å². The number of fused-ring (bicyclic) bond motifs is 1. The Morgan fingerprint density at radius 3 is 3.00 bits per heavy atom. The van der Waals surface area contributed by atoms with Crippen LogP contribution in [0.15, 0.2) is 30.5 Å². The van der Waals surface area contributed by atoms with Gasteiger partial charge in [-0.2, -0.15) is 0 Å². The van der Waals surface area contributed by atoms with Crippen molar-refractivity contribution in [1.82, 2.24) is 20.5 Å². The van der Waals surface area contributed by atoms with Crippen LogP contribution in [-0.2, 0) is 15.1 Å². The molecule has 0 aliphatic carbocycles. The van der Waals surface area contributed by atoms with E-state index in [9.17, 15) is 9.18 Å². The molecule has 2 aromatic rings. The molecule has 7 heteroatoms. The zero-order valence-electron chi connectivity index (χ0n) is 16.2. The highest BCUT2D eigenvalue weighted by Crippen LogP contribution is 2.36. The fourth-order valence-electron chi connectivity index (χ4n) is 4.46. The standard InChI is InChI=1S/C21H27FN4O2/c1-15-11-21(14-23-12-15,25-19(27)13-26-7-9-28-10-8-26)17-4-5-18(22)20-16(17)3-2-6-24-20/h2-6,15,23H,7-14H2,1H3,(H,25,27)/t15-,21-/m0/s1. The molecule has 2 N–H and O–H groups in total. The second-order valence-corrected chi connectivity index (χ2v) is 7.95. The van der Waals surface area contributed by atoms with Gasteiger partial charge in [0.15, 0.2) is 0 Å². The van der Waals surface area contributed by atoms with Crippen molar-refractivity contribution in [1.29, 1.82) is 0 Å². The van der Waals surface area contributed by atoms with Crippen LogP contribution in [0.1, 0.15) is 18.9 Å². The van der Waals surface area contributed by atoms with Crippen molar-refractivity contribution in [2.75, 3.05) is 45.9 Å². The first-order valence-corrected chi connectivity index (χ1v) is 9.93. The van der Waals surface area contributed by atoms with Crippen molar-refractivity contribution in [3.8, 4) is 0 Å². The van der Waals surface area contributed by atoms with Gasteiger partial charge < -0.3 is 15.4 Å². The third-order valence-corrected chi connectivity index (χ3v) is 5.70. The number of carbonyl (C=O) groups excluding carboxylic acids is 1. The van der Waals surface area contributed by atoms with Crippen LogP contribution < -0.4 is 10.6 Å². The summed E-state index contributed by atoms with van der Waals surface area (Å²) in [4.78, 5) is 19.3. The first-order valence-electron chi connectivity index (χ1n) is 9.93. The van der Waals surface area contributed by atoms with E-state index < -0.39 is 5.54 Å². The number of hydrogen-bond acceptors (Lipinski definition) is 5. The molecular formula is C21H27FN4O2. The number of rotatable bonds is 4. The summed E-state index contributed by atoms with van der Waals surface area (Å²) in [6.45, 7) is 6.86. The summed E-state index contributed by atoms with van der Waals surface area (Å²) in [5.74, 6) is 0.0272. The first kappa shape index (κ1) is 19.2. The van der Waals surface area contributed by atoms with Crippen molar-refractivity contribution >= 4 is 16.8 Å². The fourth-order valence-corrected chi connectivity index (χ4v) is 4.46. The third kappa shape index (κ3) is 3.87. The van der Waals surface area contributed by atoms with Gasteiger partial charge in [0.05, 0.1) is 25.3 Å². The molecule has 0 bridgehead atoms. The van der Waals surface area contributed by atoms with Crippen molar-refractivity contribution in [3.05, 3.63) is 41.8 Å². The number of nitrogens with zero attached hydrogens (tertiary/aromatic N) is 2. The summed E-state index contributed by atoms with van der Waals surface area (Å²) in [6, 6.07) is 6.96. The monoisotopic (exact) mass is 386 g/mol. The van der Waals surface area contributed by atoms with E-state index in [0.29, 0.717) is 37.7 Å². The Hall–Kier alpha value is -2.09. The highest BCUT2D eigenvalue weighted by molar-refractivity contribution is 5.86. The number of morpholine rings is 1. The Labute approximate surface area is 164 Å². The van der Waals surface area contributed by atoms with Crippen molar-refractivity contribution in [3.63, 3.8) is 0 Å². The molecule has 4 rings (SSSR count). The summed E-state index contributed by atoms with van der Waals surface area (Å²) >= 11 is 0. The van der Waals surface area contributed by atoms with Gasteiger partial charge in [0.2, 0.25) is 5.91 Å². The fraction of sp³-hybridized carbons (Fsp3) is 0.524. The lowest BCUT2D eigenvalue weighted by Gasteiger charge is -2.42. The van der Waals surface area contributed by atoms with Gasteiger partial charge in [0.25, 0.3) is 0 Å². The van der Waals surface area contributed by atoms with Gasteiger partial charge in [0, 0.05) is 31.2 Å². The van der Waals surface area contributed by atoms with E-state index in [-0.39, 0.29) is 11.7 Å². The Kier molecular flexibility index (Phi) is 5.57. The zero-order chi connectivity index (χ0) is 19.6. The van der Waals surface area contributed by atoms with Crippen molar-refractivity contribution in [2.45, 2.75) is 18.9 Å². The minimum Gasteiger partial charge on any atom is -0.379 e. The second kappa shape index (κ2) is 8.11. The Bertz CT molecular complexity index is 855. The van der Waals surface area contributed by atoms with Gasteiger partial charge in [-0.1, -0.05) is 19.1 Å². The normalized spacial score (nSPS) is 26.3. The van der Waals surface area contributed by atoms with Crippen molar-refractivity contribution < 1.29 is 13.9 Å². The number of hydrogen-bond donors (Lipinski definition) is 2. The van der Waals surface area contributed by atoms with E-state index in [1.165, 1.54) is 6.07 Å². The molecule has 2 atom stereocenters. The summed E-state index contributed by atoms with van der Waals surface area (Å²) in [5, 5.41) is 7.51. The molecule has 2 aliphatic rings. The molecule has 0 radical (unpaired) electrons. The molecule has 28 heavy (non-hydrogen) atoms. The van der Waals surface area contributed by atoms with Crippen LogP contribution in [0.3, 0.4) is 0 Å². The van der Waals surface area contributed by atoms with E-state index in [0.717, 1.165) is 37.0 Å².